The molecule has 6 rings (SSSR count). The number of amides is 2. The SMILES string of the molecule is CC(C)(C)OC(=O)n1cc(C[C@@H](NC(=O)OCC2c3ccccc3-c3ccccc32)C(=O)NCCc2ccccc2)c2ccccc21. The second kappa shape index (κ2) is 13.5. The minimum absolute atomic E-state index is 0.113. The molecular weight excluding hydrogens is 590 g/mol. The Morgan fingerprint density at radius 1 is 0.809 bits per heavy atom. The molecule has 1 aliphatic rings. The highest BCUT2D eigenvalue weighted by Gasteiger charge is 2.30. The first kappa shape index (κ1) is 31.6. The van der Waals surface area contributed by atoms with Gasteiger partial charge < -0.3 is 20.1 Å². The monoisotopic (exact) mass is 629 g/mol. The van der Waals surface area contributed by atoms with E-state index in [4.69, 9.17) is 9.47 Å². The molecule has 0 aliphatic heterocycles. The Morgan fingerprint density at radius 2 is 1.43 bits per heavy atom. The van der Waals surface area contributed by atoms with Crippen molar-refractivity contribution in [1.29, 1.82) is 0 Å². The third-order valence-electron chi connectivity index (χ3n) is 8.32. The Hall–Kier alpha value is -5.37. The van der Waals surface area contributed by atoms with Gasteiger partial charge in [-0.15, -0.1) is 0 Å². The molecule has 0 saturated heterocycles. The minimum atomic E-state index is -0.959. The standard InChI is InChI=1S/C39H39N3O5/c1-39(2,3)47-38(45)42-24-27(28-15-11-12-20-35(28)42)23-34(36(43)40-22-21-26-13-5-4-6-14-26)41-37(44)46-25-33-31-18-9-7-16-29(31)30-17-8-10-19-32(30)33/h4-20,24,33-34H,21-23,25H2,1-3H3,(H,40,43)(H,41,44)/t34-/m1/s1. The van der Waals surface area contributed by atoms with Gasteiger partial charge in [-0.3, -0.25) is 9.36 Å². The molecule has 8 heteroatoms. The van der Waals surface area contributed by atoms with Gasteiger partial charge in [0, 0.05) is 30.5 Å². The van der Waals surface area contributed by atoms with E-state index in [1.807, 2.05) is 99.6 Å². The van der Waals surface area contributed by atoms with Crippen LogP contribution in [0.4, 0.5) is 9.59 Å². The molecule has 240 valence electrons. The van der Waals surface area contributed by atoms with E-state index in [0.717, 1.165) is 33.2 Å². The summed E-state index contributed by atoms with van der Waals surface area (Å²) >= 11 is 0. The molecule has 1 aromatic heterocycles. The van der Waals surface area contributed by atoms with Crippen molar-refractivity contribution < 1.29 is 23.9 Å². The van der Waals surface area contributed by atoms with Crippen LogP contribution in [-0.4, -0.2) is 47.5 Å². The fraction of sp³-hybridized carbons (Fsp3) is 0.256. The average molecular weight is 630 g/mol. The van der Waals surface area contributed by atoms with E-state index in [0.29, 0.717) is 24.0 Å². The van der Waals surface area contributed by atoms with Gasteiger partial charge in [0.1, 0.15) is 18.2 Å². The fourth-order valence-corrected chi connectivity index (χ4v) is 6.18. The van der Waals surface area contributed by atoms with Crippen LogP contribution < -0.4 is 10.6 Å². The Bertz CT molecular complexity index is 1860. The number of aromatic nitrogens is 1. The zero-order valence-electron chi connectivity index (χ0n) is 26.9. The highest BCUT2D eigenvalue weighted by Crippen LogP contribution is 2.44. The predicted molar refractivity (Wildman–Crippen MR) is 182 cm³/mol. The average Bonchev–Trinajstić information content (AvgIpc) is 3.59. The van der Waals surface area contributed by atoms with Gasteiger partial charge in [-0.2, -0.15) is 0 Å². The number of para-hydroxylation sites is 1. The van der Waals surface area contributed by atoms with Gasteiger partial charge in [-0.05, 0) is 66.6 Å². The molecule has 2 N–H and O–H groups in total. The van der Waals surface area contributed by atoms with Gasteiger partial charge in [0.05, 0.1) is 5.52 Å². The number of nitrogens with one attached hydrogen (secondary N) is 2. The lowest BCUT2D eigenvalue weighted by Gasteiger charge is -2.20. The van der Waals surface area contributed by atoms with Crippen molar-refractivity contribution in [2.45, 2.75) is 51.2 Å². The Balaban J connectivity index is 1.21. The second-order valence-electron chi connectivity index (χ2n) is 12.8. The lowest BCUT2D eigenvalue weighted by molar-refractivity contribution is -0.123. The van der Waals surface area contributed by atoms with Gasteiger partial charge in [0.15, 0.2) is 0 Å². The van der Waals surface area contributed by atoms with Gasteiger partial charge in [0.2, 0.25) is 5.91 Å². The second-order valence-corrected chi connectivity index (χ2v) is 12.8. The molecule has 0 saturated carbocycles. The zero-order chi connectivity index (χ0) is 33.0. The maximum absolute atomic E-state index is 13.6. The first-order chi connectivity index (χ1) is 22.7. The van der Waals surface area contributed by atoms with Crippen molar-refractivity contribution in [2.24, 2.45) is 0 Å². The van der Waals surface area contributed by atoms with Crippen molar-refractivity contribution in [3.05, 3.63) is 132 Å². The van der Waals surface area contributed by atoms with Crippen molar-refractivity contribution in [3.63, 3.8) is 0 Å². The van der Waals surface area contributed by atoms with E-state index in [-0.39, 0.29) is 24.9 Å². The quantitative estimate of drug-likeness (QED) is 0.179. The molecule has 0 radical (unpaired) electrons. The lowest BCUT2D eigenvalue weighted by atomic mass is 9.98. The summed E-state index contributed by atoms with van der Waals surface area (Å²) in [5, 5.41) is 6.60. The summed E-state index contributed by atoms with van der Waals surface area (Å²) in [5.41, 5.74) is 6.25. The van der Waals surface area contributed by atoms with Crippen LogP contribution >= 0.6 is 0 Å². The third-order valence-corrected chi connectivity index (χ3v) is 8.32. The van der Waals surface area contributed by atoms with E-state index >= 15 is 0 Å². The fourth-order valence-electron chi connectivity index (χ4n) is 6.18. The Kier molecular flexibility index (Phi) is 9.11. The predicted octanol–water partition coefficient (Wildman–Crippen LogP) is 7.23. The molecule has 4 aromatic carbocycles. The number of hydrogen-bond acceptors (Lipinski definition) is 5. The molecule has 2 amide bonds. The summed E-state index contributed by atoms with van der Waals surface area (Å²) in [6, 6.07) is 32.6. The molecule has 0 spiro atoms. The molecule has 1 aliphatic carbocycles. The number of hydrogen-bond donors (Lipinski definition) is 2. The van der Waals surface area contributed by atoms with Crippen molar-refractivity contribution >= 4 is 29.0 Å². The van der Waals surface area contributed by atoms with Crippen LogP contribution in [0.25, 0.3) is 22.0 Å². The van der Waals surface area contributed by atoms with Gasteiger partial charge in [0.25, 0.3) is 0 Å². The number of rotatable bonds is 9. The summed E-state index contributed by atoms with van der Waals surface area (Å²) in [6.45, 7) is 5.95. The number of carbonyl (C=O) groups is 3. The van der Waals surface area contributed by atoms with E-state index in [1.54, 1.807) is 6.20 Å². The summed E-state index contributed by atoms with van der Waals surface area (Å²) in [6.07, 6.45) is 1.25. The van der Waals surface area contributed by atoms with Gasteiger partial charge in [-0.25, -0.2) is 9.59 Å². The molecule has 8 nitrogen and oxygen atoms in total. The van der Waals surface area contributed by atoms with Crippen LogP contribution in [-0.2, 0) is 27.1 Å². The third kappa shape index (κ3) is 7.22. The molecule has 47 heavy (non-hydrogen) atoms. The topological polar surface area (TPSA) is 98.7 Å². The van der Waals surface area contributed by atoms with Crippen LogP contribution in [0.3, 0.4) is 0 Å². The van der Waals surface area contributed by atoms with E-state index < -0.39 is 23.8 Å². The molecular formula is C39H39N3O5. The number of nitrogens with zero attached hydrogens (tertiary/aromatic N) is 1. The maximum atomic E-state index is 13.6. The molecule has 1 atom stereocenters. The van der Waals surface area contributed by atoms with Crippen molar-refractivity contribution in [1.82, 2.24) is 15.2 Å². The number of benzene rings is 4. The Labute approximate surface area is 274 Å². The first-order valence-electron chi connectivity index (χ1n) is 15.9. The van der Waals surface area contributed by atoms with Gasteiger partial charge >= 0.3 is 12.2 Å². The molecule has 0 bridgehead atoms. The molecule has 0 fully saturated rings. The van der Waals surface area contributed by atoms with Crippen LogP contribution in [0.1, 0.15) is 48.9 Å². The smallest absolute Gasteiger partial charge is 0.419 e. The summed E-state index contributed by atoms with van der Waals surface area (Å²) in [5.74, 6) is -0.457. The largest absolute Gasteiger partial charge is 0.449 e. The lowest BCUT2D eigenvalue weighted by Crippen LogP contribution is -2.48. The summed E-state index contributed by atoms with van der Waals surface area (Å²) in [4.78, 5) is 40.1. The number of alkyl carbamates (subject to hydrolysis) is 1. The number of carbonyl (C=O) groups excluding carboxylic acids is 3. The first-order valence-corrected chi connectivity index (χ1v) is 15.9. The maximum Gasteiger partial charge on any atom is 0.419 e. The highest BCUT2D eigenvalue weighted by molar-refractivity contribution is 5.93. The van der Waals surface area contributed by atoms with E-state index in [9.17, 15) is 14.4 Å². The van der Waals surface area contributed by atoms with Crippen LogP contribution in [0.2, 0.25) is 0 Å². The van der Waals surface area contributed by atoms with Crippen molar-refractivity contribution in [2.75, 3.05) is 13.2 Å². The van der Waals surface area contributed by atoms with Crippen molar-refractivity contribution in [3.8, 4) is 11.1 Å². The van der Waals surface area contributed by atoms with E-state index in [2.05, 4.69) is 34.9 Å². The van der Waals surface area contributed by atoms with Crippen LogP contribution in [0.5, 0.6) is 0 Å². The Morgan fingerprint density at radius 3 is 2.11 bits per heavy atom. The summed E-state index contributed by atoms with van der Waals surface area (Å²) < 4.78 is 12.9. The molecule has 1 heterocycles. The van der Waals surface area contributed by atoms with Crippen LogP contribution in [0.15, 0.2) is 109 Å². The number of ether oxygens (including phenoxy) is 2. The number of fused-ring (bicyclic) bond motifs is 4. The zero-order valence-corrected chi connectivity index (χ0v) is 26.9. The van der Waals surface area contributed by atoms with Crippen LogP contribution in [0, 0.1) is 0 Å². The molecule has 0 unspecified atom stereocenters. The van der Waals surface area contributed by atoms with E-state index in [1.165, 1.54) is 4.57 Å². The highest BCUT2D eigenvalue weighted by atomic mass is 16.6. The molecule has 5 aromatic rings. The van der Waals surface area contributed by atoms with Gasteiger partial charge in [-0.1, -0.05) is 97.1 Å². The normalized spacial score (nSPS) is 13.0. The minimum Gasteiger partial charge on any atom is -0.449 e. The summed E-state index contributed by atoms with van der Waals surface area (Å²) in [7, 11) is 0.